The summed E-state index contributed by atoms with van der Waals surface area (Å²) in [5.74, 6) is 1.37. The Balaban J connectivity index is 1.39. The highest BCUT2D eigenvalue weighted by atomic mass is 16.5. The second-order valence-corrected chi connectivity index (χ2v) is 5.91. The largest absolute Gasteiger partial charge is 0.490 e. The molecule has 0 saturated heterocycles. The molecule has 0 spiro atoms. The third-order valence-corrected chi connectivity index (χ3v) is 4.08. The number of nitrogens with zero attached hydrogens (tertiary/aromatic N) is 1. The number of nitrogens with one attached hydrogen (secondary N) is 1. The molecule has 0 fully saturated rings. The molecule has 128 valence electrons. The summed E-state index contributed by atoms with van der Waals surface area (Å²) in [5, 5.41) is 7.76. The van der Waals surface area contributed by atoms with E-state index in [0.29, 0.717) is 31.0 Å². The number of rotatable bonds is 4. The van der Waals surface area contributed by atoms with Crippen LogP contribution in [-0.4, -0.2) is 24.3 Å². The monoisotopic (exact) mass is 338 g/mol. The molecular weight excluding hydrogens is 320 g/mol. The molecule has 2 heterocycles. The van der Waals surface area contributed by atoms with Crippen LogP contribution in [0.5, 0.6) is 11.5 Å². The summed E-state index contributed by atoms with van der Waals surface area (Å²) in [6.07, 6.45) is 1.05. The van der Waals surface area contributed by atoms with E-state index in [4.69, 9.17) is 14.0 Å². The van der Waals surface area contributed by atoms with Crippen LogP contribution in [0.1, 0.15) is 17.7 Å². The van der Waals surface area contributed by atoms with Gasteiger partial charge in [0.05, 0.1) is 19.6 Å². The standard InChI is InChI=1S/C19H18N2O4/c22-19(11-15-14-4-1-2-5-16(14)25-21-15)20-12-13-6-7-17-18(10-13)24-9-3-8-23-17/h1-2,4-7,10H,3,8-9,11-12H2,(H,20,22). The Kier molecular flexibility index (Phi) is 4.24. The smallest absolute Gasteiger partial charge is 0.226 e. The van der Waals surface area contributed by atoms with Gasteiger partial charge in [-0.15, -0.1) is 0 Å². The summed E-state index contributed by atoms with van der Waals surface area (Å²) in [5.41, 5.74) is 2.29. The molecular formula is C19H18N2O4. The Labute approximate surface area is 144 Å². The molecule has 0 aliphatic carbocycles. The first kappa shape index (κ1) is 15.5. The lowest BCUT2D eigenvalue weighted by Gasteiger charge is -2.10. The molecule has 0 saturated carbocycles. The molecule has 1 aliphatic heterocycles. The molecule has 1 aromatic heterocycles. The Morgan fingerprint density at radius 1 is 1.08 bits per heavy atom. The lowest BCUT2D eigenvalue weighted by Crippen LogP contribution is -2.24. The normalized spacial score (nSPS) is 13.4. The summed E-state index contributed by atoms with van der Waals surface area (Å²) in [7, 11) is 0. The van der Waals surface area contributed by atoms with E-state index in [1.807, 2.05) is 42.5 Å². The Morgan fingerprint density at radius 3 is 2.84 bits per heavy atom. The lowest BCUT2D eigenvalue weighted by molar-refractivity contribution is -0.120. The lowest BCUT2D eigenvalue weighted by atomic mass is 10.1. The van der Waals surface area contributed by atoms with Crippen molar-refractivity contribution in [1.29, 1.82) is 0 Å². The number of hydrogen-bond donors (Lipinski definition) is 1. The number of ether oxygens (including phenoxy) is 2. The molecule has 1 aliphatic rings. The number of para-hydroxylation sites is 1. The highest BCUT2D eigenvalue weighted by Crippen LogP contribution is 2.30. The molecule has 0 atom stereocenters. The van der Waals surface area contributed by atoms with Crippen LogP contribution in [0.2, 0.25) is 0 Å². The maximum atomic E-state index is 12.2. The number of carbonyl (C=O) groups is 1. The zero-order valence-electron chi connectivity index (χ0n) is 13.7. The summed E-state index contributed by atoms with van der Waals surface area (Å²) >= 11 is 0. The van der Waals surface area contributed by atoms with E-state index in [9.17, 15) is 4.79 Å². The average molecular weight is 338 g/mol. The fourth-order valence-corrected chi connectivity index (χ4v) is 2.80. The van der Waals surface area contributed by atoms with E-state index in [0.717, 1.165) is 28.9 Å². The van der Waals surface area contributed by atoms with E-state index in [1.165, 1.54) is 0 Å². The topological polar surface area (TPSA) is 73.6 Å². The first-order valence-electron chi connectivity index (χ1n) is 8.28. The van der Waals surface area contributed by atoms with E-state index in [2.05, 4.69) is 10.5 Å². The summed E-state index contributed by atoms with van der Waals surface area (Å²) in [6, 6.07) is 13.2. The average Bonchev–Trinajstić information content (AvgIpc) is 2.88. The van der Waals surface area contributed by atoms with Gasteiger partial charge in [-0.25, -0.2) is 0 Å². The SMILES string of the molecule is O=C(Cc1noc2ccccc12)NCc1ccc2c(c1)OCCCO2. The van der Waals surface area contributed by atoms with E-state index in [1.54, 1.807) is 0 Å². The molecule has 4 rings (SSSR count). The van der Waals surface area contributed by atoms with Crippen LogP contribution >= 0.6 is 0 Å². The molecule has 0 bridgehead atoms. The van der Waals surface area contributed by atoms with Crippen molar-refractivity contribution in [2.75, 3.05) is 13.2 Å². The second-order valence-electron chi connectivity index (χ2n) is 5.91. The van der Waals surface area contributed by atoms with Crippen LogP contribution in [-0.2, 0) is 17.8 Å². The molecule has 6 heteroatoms. The number of aromatic nitrogens is 1. The van der Waals surface area contributed by atoms with Crippen molar-refractivity contribution >= 4 is 16.9 Å². The van der Waals surface area contributed by atoms with Crippen LogP contribution < -0.4 is 14.8 Å². The fourth-order valence-electron chi connectivity index (χ4n) is 2.80. The van der Waals surface area contributed by atoms with Crippen molar-refractivity contribution < 1.29 is 18.8 Å². The van der Waals surface area contributed by atoms with Crippen LogP contribution in [0.3, 0.4) is 0 Å². The molecule has 6 nitrogen and oxygen atoms in total. The van der Waals surface area contributed by atoms with Gasteiger partial charge in [-0.1, -0.05) is 23.4 Å². The molecule has 3 aromatic rings. The molecule has 1 N–H and O–H groups in total. The fraction of sp³-hybridized carbons (Fsp3) is 0.263. The number of fused-ring (bicyclic) bond motifs is 2. The Morgan fingerprint density at radius 2 is 1.92 bits per heavy atom. The summed E-state index contributed by atoms with van der Waals surface area (Å²) < 4.78 is 16.5. The minimum atomic E-state index is -0.105. The van der Waals surface area contributed by atoms with Gasteiger partial charge < -0.3 is 19.3 Å². The van der Waals surface area contributed by atoms with Gasteiger partial charge >= 0.3 is 0 Å². The highest BCUT2D eigenvalue weighted by molar-refractivity contribution is 5.86. The van der Waals surface area contributed by atoms with Crippen molar-refractivity contribution in [2.24, 2.45) is 0 Å². The van der Waals surface area contributed by atoms with Gasteiger partial charge in [0.15, 0.2) is 17.1 Å². The highest BCUT2D eigenvalue weighted by Gasteiger charge is 2.13. The van der Waals surface area contributed by atoms with Gasteiger partial charge in [0.1, 0.15) is 5.69 Å². The zero-order valence-corrected chi connectivity index (χ0v) is 13.7. The molecule has 1 amide bonds. The third-order valence-electron chi connectivity index (χ3n) is 4.08. The first-order valence-corrected chi connectivity index (χ1v) is 8.28. The van der Waals surface area contributed by atoms with Crippen LogP contribution in [0.15, 0.2) is 47.0 Å². The third kappa shape index (κ3) is 3.42. The van der Waals surface area contributed by atoms with Gasteiger partial charge in [-0.05, 0) is 29.8 Å². The van der Waals surface area contributed by atoms with Gasteiger partial charge in [-0.3, -0.25) is 4.79 Å². The van der Waals surface area contributed by atoms with E-state index in [-0.39, 0.29) is 12.3 Å². The van der Waals surface area contributed by atoms with Crippen molar-refractivity contribution in [1.82, 2.24) is 10.5 Å². The molecule has 25 heavy (non-hydrogen) atoms. The Bertz CT molecular complexity index is 903. The van der Waals surface area contributed by atoms with Crippen molar-refractivity contribution in [3.8, 4) is 11.5 Å². The molecule has 0 unspecified atom stereocenters. The van der Waals surface area contributed by atoms with Crippen molar-refractivity contribution in [3.05, 3.63) is 53.7 Å². The summed E-state index contributed by atoms with van der Waals surface area (Å²) in [6.45, 7) is 1.72. The van der Waals surface area contributed by atoms with Crippen molar-refractivity contribution in [3.63, 3.8) is 0 Å². The minimum Gasteiger partial charge on any atom is -0.490 e. The molecule has 0 radical (unpaired) electrons. The van der Waals surface area contributed by atoms with Crippen LogP contribution in [0.25, 0.3) is 11.0 Å². The maximum absolute atomic E-state index is 12.2. The first-order chi connectivity index (χ1) is 12.3. The van der Waals surface area contributed by atoms with E-state index < -0.39 is 0 Å². The van der Waals surface area contributed by atoms with Crippen molar-refractivity contribution in [2.45, 2.75) is 19.4 Å². The number of carbonyl (C=O) groups excluding carboxylic acids is 1. The zero-order chi connectivity index (χ0) is 17.1. The van der Waals surface area contributed by atoms with Gasteiger partial charge in [0.2, 0.25) is 5.91 Å². The quantitative estimate of drug-likeness (QED) is 0.792. The minimum absolute atomic E-state index is 0.105. The van der Waals surface area contributed by atoms with Crippen LogP contribution in [0, 0.1) is 0 Å². The predicted molar refractivity (Wildman–Crippen MR) is 91.6 cm³/mol. The Hall–Kier alpha value is -3.02. The van der Waals surface area contributed by atoms with E-state index >= 15 is 0 Å². The molecule has 2 aromatic carbocycles. The maximum Gasteiger partial charge on any atom is 0.226 e. The number of benzene rings is 2. The van der Waals surface area contributed by atoms with Crippen LogP contribution in [0.4, 0.5) is 0 Å². The van der Waals surface area contributed by atoms with Gasteiger partial charge in [-0.2, -0.15) is 0 Å². The number of hydrogen-bond acceptors (Lipinski definition) is 5. The summed E-state index contributed by atoms with van der Waals surface area (Å²) in [4.78, 5) is 12.2. The predicted octanol–water partition coefficient (Wildman–Crippen LogP) is 2.85. The second kappa shape index (κ2) is 6.84. The van der Waals surface area contributed by atoms with Gasteiger partial charge in [0.25, 0.3) is 0 Å². The number of amides is 1. The van der Waals surface area contributed by atoms with Gasteiger partial charge in [0, 0.05) is 18.4 Å².